The maximum absolute atomic E-state index is 12.4. The van der Waals surface area contributed by atoms with Gasteiger partial charge in [-0.05, 0) is 36.7 Å². The molecule has 9 heteroatoms. The summed E-state index contributed by atoms with van der Waals surface area (Å²) in [6, 6.07) is 12.8. The van der Waals surface area contributed by atoms with Gasteiger partial charge < -0.3 is 4.74 Å². The summed E-state index contributed by atoms with van der Waals surface area (Å²) in [5.41, 5.74) is 9.31. The average molecular weight is 382 g/mol. The fraction of sp³-hybridized carbons (Fsp3) is 0.250. The van der Waals surface area contributed by atoms with Crippen molar-refractivity contribution in [3.63, 3.8) is 0 Å². The molecule has 2 rings (SSSR count). The van der Waals surface area contributed by atoms with Crippen molar-refractivity contribution >= 4 is 21.7 Å². The van der Waals surface area contributed by atoms with Gasteiger partial charge in [0.05, 0.1) is 9.92 Å². The molecule has 0 fully saturated rings. The third kappa shape index (κ3) is 5.65. The average Bonchev–Trinajstić information content (AvgIpc) is 2.57. The van der Waals surface area contributed by atoms with Crippen molar-refractivity contribution in [1.82, 2.24) is 0 Å². The zero-order valence-electron chi connectivity index (χ0n) is 13.4. The van der Waals surface area contributed by atoms with E-state index in [0.717, 1.165) is 5.56 Å². The molecule has 0 spiro atoms. The van der Waals surface area contributed by atoms with E-state index in [9.17, 15) is 8.42 Å². The number of nitrogens with zero attached hydrogens (tertiary/aromatic N) is 3. The van der Waals surface area contributed by atoms with Crippen molar-refractivity contribution in [3.05, 3.63) is 69.6 Å². The summed E-state index contributed by atoms with van der Waals surface area (Å²) in [6.07, 6.45) is -1.14. The number of rotatable bonds is 8. The van der Waals surface area contributed by atoms with Gasteiger partial charge in [0.25, 0.3) is 10.1 Å². The Kier molecular flexibility index (Phi) is 6.66. The number of hydrogen-bond donors (Lipinski definition) is 0. The highest BCUT2D eigenvalue weighted by Crippen LogP contribution is 2.26. The van der Waals surface area contributed by atoms with Gasteiger partial charge in [-0.15, -0.1) is 0 Å². The molecule has 2 aromatic rings. The SMILES string of the molecule is Cc1ccc(S(=O)(=O)OC(CCN=[N+]=[N-])Oc2ccccc2Cl)cc1. The molecule has 0 radical (unpaired) electrons. The molecule has 2 aromatic carbocycles. The van der Waals surface area contributed by atoms with Crippen LogP contribution in [0.2, 0.25) is 5.02 Å². The molecule has 7 nitrogen and oxygen atoms in total. The van der Waals surface area contributed by atoms with Gasteiger partial charge in [0, 0.05) is 17.9 Å². The van der Waals surface area contributed by atoms with Crippen LogP contribution in [0.25, 0.3) is 10.4 Å². The number of ether oxygens (including phenoxy) is 1. The lowest BCUT2D eigenvalue weighted by Gasteiger charge is -2.19. The molecule has 1 atom stereocenters. The molecule has 0 heterocycles. The van der Waals surface area contributed by atoms with Gasteiger partial charge in [-0.25, -0.2) is 4.18 Å². The molecule has 0 bridgehead atoms. The largest absolute Gasteiger partial charge is 0.462 e. The van der Waals surface area contributed by atoms with Crippen LogP contribution in [0.4, 0.5) is 0 Å². The van der Waals surface area contributed by atoms with Crippen LogP contribution in [0, 0.1) is 6.92 Å². The minimum atomic E-state index is -4.05. The van der Waals surface area contributed by atoms with E-state index in [2.05, 4.69) is 10.0 Å². The molecule has 0 amide bonds. The molecule has 1 unspecified atom stereocenters. The first-order valence-electron chi connectivity index (χ1n) is 7.34. The molecule has 0 aliphatic rings. The lowest BCUT2D eigenvalue weighted by molar-refractivity contribution is 0.00714. The van der Waals surface area contributed by atoms with E-state index in [0.29, 0.717) is 5.02 Å². The first kappa shape index (κ1) is 19.1. The minimum absolute atomic E-state index is 0.00893. The maximum atomic E-state index is 12.4. The number of aryl methyl sites for hydroxylation is 1. The summed E-state index contributed by atoms with van der Waals surface area (Å²) in [6.45, 7) is 1.86. The van der Waals surface area contributed by atoms with E-state index in [-0.39, 0.29) is 23.6 Å². The Hall–Kier alpha value is -2.25. The summed E-state index contributed by atoms with van der Waals surface area (Å²) in [5.74, 6) is 0.272. The smallest absolute Gasteiger partial charge is 0.300 e. The Morgan fingerprint density at radius 1 is 1.20 bits per heavy atom. The molecule has 0 aromatic heterocycles. The molecule has 25 heavy (non-hydrogen) atoms. The normalized spacial score (nSPS) is 12.2. The second-order valence-corrected chi connectivity index (χ2v) is 7.06. The molecular formula is C16H16ClN3O4S. The molecule has 0 aliphatic carbocycles. The summed E-state index contributed by atoms with van der Waals surface area (Å²) in [4.78, 5) is 2.64. The van der Waals surface area contributed by atoms with E-state index in [1.165, 1.54) is 12.1 Å². The lowest BCUT2D eigenvalue weighted by atomic mass is 10.2. The summed E-state index contributed by atoms with van der Waals surface area (Å²) in [5, 5.41) is 3.70. The van der Waals surface area contributed by atoms with Crippen LogP contribution >= 0.6 is 11.6 Å². The molecular weight excluding hydrogens is 366 g/mol. The van der Waals surface area contributed by atoms with Gasteiger partial charge >= 0.3 is 0 Å². The Bertz CT molecular complexity index is 865. The number of azide groups is 1. The molecule has 0 aliphatic heterocycles. The van der Waals surface area contributed by atoms with Crippen LogP contribution in [-0.2, 0) is 14.3 Å². The maximum Gasteiger partial charge on any atom is 0.300 e. The Morgan fingerprint density at radius 3 is 2.52 bits per heavy atom. The first-order chi connectivity index (χ1) is 11.9. The van der Waals surface area contributed by atoms with Gasteiger partial charge in [0.2, 0.25) is 6.29 Å². The van der Waals surface area contributed by atoms with Crippen molar-refractivity contribution in [2.75, 3.05) is 6.54 Å². The number of halogens is 1. The van der Waals surface area contributed by atoms with E-state index < -0.39 is 16.4 Å². The highest BCUT2D eigenvalue weighted by Gasteiger charge is 2.23. The van der Waals surface area contributed by atoms with Crippen molar-refractivity contribution in [2.24, 2.45) is 5.11 Å². The van der Waals surface area contributed by atoms with Gasteiger partial charge in [-0.1, -0.05) is 46.5 Å². The topological polar surface area (TPSA) is 101 Å². The highest BCUT2D eigenvalue weighted by molar-refractivity contribution is 7.86. The molecule has 0 N–H and O–H groups in total. The second-order valence-electron chi connectivity index (χ2n) is 5.08. The Labute approximate surface area is 150 Å². The van der Waals surface area contributed by atoms with Crippen molar-refractivity contribution in [1.29, 1.82) is 0 Å². The van der Waals surface area contributed by atoms with Crippen LogP contribution in [0.15, 0.2) is 58.5 Å². The van der Waals surface area contributed by atoms with E-state index in [1.54, 1.807) is 36.4 Å². The third-order valence-corrected chi connectivity index (χ3v) is 4.80. The number of para-hydroxylation sites is 1. The Balaban J connectivity index is 2.21. The number of hydrogen-bond acceptors (Lipinski definition) is 5. The Morgan fingerprint density at radius 2 is 1.88 bits per heavy atom. The lowest BCUT2D eigenvalue weighted by Crippen LogP contribution is -2.25. The van der Waals surface area contributed by atoms with Crippen molar-refractivity contribution < 1.29 is 17.3 Å². The van der Waals surface area contributed by atoms with Crippen molar-refractivity contribution in [2.45, 2.75) is 24.5 Å². The third-order valence-electron chi connectivity index (χ3n) is 3.17. The quantitative estimate of drug-likeness (QED) is 0.221. The van der Waals surface area contributed by atoms with Gasteiger partial charge in [0.1, 0.15) is 5.75 Å². The van der Waals surface area contributed by atoms with Gasteiger partial charge in [-0.2, -0.15) is 8.42 Å². The second kappa shape index (κ2) is 8.73. The predicted molar refractivity (Wildman–Crippen MR) is 93.9 cm³/mol. The van der Waals surface area contributed by atoms with Gasteiger partial charge in [-0.3, -0.25) is 0 Å². The predicted octanol–water partition coefficient (Wildman–Crippen LogP) is 4.46. The summed E-state index contributed by atoms with van der Waals surface area (Å²) < 4.78 is 35.6. The van der Waals surface area contributed by atoms with Crippen LogP contribution in [0.1, 0.15) is 12.0 Å². The van der Waals surface area contributed by atoms with Crippen LogP contribution < -0.4 is 4.74 Å². The van der Waals surface area contributed by atoms with Gasteiger partial charge in [0.15, 0.2) is 0 Å². The van der Waals surface area contributed by atoms with Crippen LogP contribution in [-0.4, -0.2) is 21.3 Å². The van der Waals surface area contributed by atoms with Crippen LogP contribution in [0.5, 0.6) is 5.75 Å². The van der Waals surface area contributed by atoms with E-state index in [1.807, 2.05) is 6.92 Å². The monoisotopic (exact) mass is 381 g/mol. The standard InChI is InChI=1S/C16H16ClN3O4S/c1-12-6-8-13(9-7-12)25(21,22)24-16(10-11-19-20-18)23-15-5-3-2-4-14(15)17/h2-9,16H,10-11H2,1H3. The summed E-state index contributed by atoms with van der Waals surface area (Å²) in [7, 11) is -4.05. The minimum Gasteiger partial charge on any atom is -0.462 e. The highest BCUT2D eigenvalue weighted by atomic mass is 35.5. The first-order valence-corrected chi connectivity index (χ1v) is 9.13. The molecule has 0 saturated carbocycles. The van der Waals surface area contributed by atoms with Crippen molar-refractivity contribution in [3.8, 4) is 5.75 Å². The van der Waals surface area contributed by atoms with E-state index in [4.69, 9.17) is 26.1 Å². The fourth-order valence-electron chi connectivity index (χ4n) is 1.92. The molecule has 132 valence electrons. The fourth-order valence-corrected chi connectivity index (χ4v) is 3.10. The molecule has 0 saturated heterocycles. The zero-order valence-corrected chi connectivity index (χ0v) is 14.9. The zero-order chi connectivity index (χ0) is 18.3. The number of benzene rings is 2. The van der Waals surface area contributed by atoms with Crippen LogP contribution in [0.3, 0.4) is 0 Å². The van der Waals surface area contributed by atoms with E-state index >= 15 is 0 Å². The summed E-state index contributed by atoms with van der Waals surface area (Å²) >= 11 is 6.02.